The number of thioether (sulfide) groups is 1. The molecule has 0 bridgehead atoms. The monoisotopic (exact) mass is 386 g/mol. The molecule has 3 rings (SSSR count). The predicted molar refractivity (Wildman–Crippen MR) is 106 cm³/mol. The van der Waals surface area contributed by atoms with E-state index in [0.29, 0.717) is 31.8 Å². The molecule has 1 fully saturated rings. The molecule has 0 atom stereocenters. The van der Waals surface area contributed by atoms with E-state index in [1.807, 2.05) is 0 Å². The molecule has 2 aromatic rings. The van der Waals surface area contributed by atoms with Gasteiger partial charge >= 0.3 is 0 Å². The van der Waals surface area contributed by atoms with Crippen molar-refractivity contribution in [1.29, 1.82) is 0 Å². The minimum absolute atomic E-state index is 0.0208. The van der Waals surface area contributed by atoms with Gasteiger partial charge in [0.05, 0.1) is 22.6 Å². The van der Waals surface area contributed by atoms with E-state index < -0.39 is 4.92 Å². The summed E-state index contributed by atoms with van der Waals surface area (Å²) in [7, 11) is 1.57. The molecule has 132 valence electrons. The number of non-ortho nitro benzene ring substituents is 1. The van der Waals surface area contributed by atoms with Gasteiger partial charge < -0.3 is 4.74 Å². The van der Waals surface area contributed by atoms with Gasteiger partial charge in [0.25, 0.3) is 11.6 Å². The number of thiocarbonyl (C=S) groups is 1. The quantitative estimate of drug-likeness (QED) is 0.336. The number of ether oxygens (including phenoxy) is 1. The number of carbonyl (C=O) groups excluding carboxylic acids is 1. The summed E-state index contributed by atoms with van der Waals surface area (Å²) in [6, 6.07) is 13.2. The van der Waals surface area contributed by atoms with Crippen LogP contribution >= 0.6 is 24.0 Å². The van der Waals surface area contributed by atoms with Crippen LogP contribution in [0.15, 0.2) is 53.4 Å². The number of benzene rings is 2. The number of carbonyl (C=O) groups is 1. The summed E-state index contributed by atoms with van der Waals surface area (Å²) < 4.78 is 5.54. The Morgan fingerprint density at radius 3 is 2.54 bits per heavy atom. The first kappa shape index (κ1) is 18.1. The number of nitro groups is 1. The minimum Gasteiger partial charge on any atom is -0.497 e. The molecule has 2 aromatic carbocycles. The second kappa shape index (κ2) is 7.27. The Morgan fingerprint density at radius 1 is 1.23 bits per heavy atom. The minimum atomic E-state index is -0.459. The van der Waals surface area contributed by atoms with Gasteiger partial charge in [-0.05, 0) is 42.3 Å². The van der Waals surface area contributed by atoms with Crippen molar-refractivity contribution in [2.24, 2.45) is 0 Å². The molecule has 0 unspecified atom stereocenters. The van der Waals surface area contributed by atoms with Crippen LogP contribution in [0.1, 0.15) is 12.5 Å². The average Bonchev–Trinajstić information content (AvgIpc) is 2.95. The van der Waals surface area contributed by atoms with Gasteiger partial charge in [0.15, 0.2) is 4.32 Å². The molecule has 1 aliphatic rings. The molecule has 1 amide bonds. The predicted octanol–water partition coefficient (Wildman–Crippen LogP) is 4.40. The molecule has 6 nitrogen and oxygen atoms in total. The second-order valence-electron chi connectivity index (χ2n) is 5.47. The van der Waals surface area contributed by atoms with Crippen LogP contribution in [0.5, 0.6) is 5.75 Å². The normalized spacial score (nSPS) is 16.0. The van der Waals surface area contributed by atoms with E-state index in [1.165, 1.54) is 28.8 Å². The highest BCUT2D eigenvalue weighted by Crippen LogP contribution is 2.39. The van der Waals surface area contributed by atoms with E-state index in [9.17, 15) is 14.9 Å². The van der Waals surface area contributed by atoms with Gasteiger partial charge in [0.1, 0.15) is 5.75 Å². The summed E-state index contributed by atoms with van der Waals surface area (Å²) >= 11 is 6.56. The van der Waals surface area contributed by atoms with E-state index in [2.05, 4.69) is 0 Å². The third kappa shape index (κ3) is 3.33. The van der Waals surface area contributed by atoms with Crippen LogP contribution in [0.2, 0.25) is 0 Å². The lowest BCUT2D eigenvalue weighted by atomic mass is 10.1. The summed E-state index contributed by atoms with van der Waals surface area (Å²) in [4.78, 5) is 25.3. The van der Waals surface area contributed by atoms with Crippen LogP contribution in [0.4, 0.5) is 11.4 Å². The van der Waals surface area contributed by atoms with Crippen molar-refractivity contribution < 1.29 is 14.5 Å². The molecule has 0 aliphatic carbocycles. The molecular formula is C18H14N2O4S2. The first-order chi connectivity index (χ1) is 12.4. The fraction of sp³-hybridized carbons (Fsp3) is 0.111. The standard InChI is InChI=1S/C18H14N2O4S2/c1-11(12-4-3-5-14(10-12)20(22)23)16-17(21)19(18(25)26-16)13-6-8-15(24-2)9-7-13/h3-10H,1-2H3/b16-11-. The Hall–Kier alpha value is -2.71. The van der Waals surface area contributed by atoms with Crippen LogP contribution in [0, 0.1) is 10.1 Å². The largest absolute Gasteiger partial charge is 0.497 e. The maximum absolute atomic E-state index is 12.9. The molecule has 26 heavy (non-hydrogen) atoms. The Kier molecular flexibility index (Phi) is 5.06. The molecule has 0 saturated carbocycles. The number of hydrogen-bond donors (Lipinski definition) is 0. The number of nitrogens with zero attached hydrogens (tertiary/aromatic N) is 2. The number of rotatable bonds is 4. The van der Waals surface area contributed by atoms with E-state index in [4.69, 9.17) is 17.0 Å². The Balaban J connectivity index is 1.97. The molecule has 8 heteroatoms. The van der Waals surface area contributed by atoms with Gasteiger partial charge in [-0.2, -0.15) is 0 Å². The van der Waals surface area contributed by atoms with Crippen molar-refractivity contribution in [3.05, 3.63) is 69.1 Å². The van der Waals surface area contributed by atoms with Crippen molar-refractivity contribution >= 4 is 51.2 Å². The molecule has 1 aliphatic heterocycles. The van der Waals surface area contributed by atoms with Gasteiger partial charge in [-0.25, -0.2) is 0 Å². The van der Waals surface area contributed by atoms with Crippen molar-refractivity contribution in [3.8, 4) is 5.75 Å². The fourth-order valence-electron chi connectivity index (χ4n) is 2.54. The van der Waals surface area contributed by atoms with Crippen molar-refractivity contribution in [3.63, 3.8) is 0 Å². The maximum Gasteiger partial charge on any atom is 0.271 e. The SMILES string of the molecule is COc1ccc(N2C(=O)/C(=C(\C)c3cccc([N+](=O)[O-])c3)SC2=S)cc1. The zero-order chi connectivity index (χ0) is 18.8. The third-order valence-corrected chi connectivity index (χ3v) is 5.41. The summed E-state index contributed by atoms with van der Waals surface area (Å²) in [5, 5.41) is 11.0. The van der Waals surface area contributed by atoms with Crippen molar-refractivity contribution in [1.82, 2.24) is 0 Å². The molecule has 0 aromatic heterocycles. The van der Waals surface area contributed by atoms with E-state index in [-0.39, 0.29) is 11.6 Å². The molecule has 1 saturated heterocycles. The molecular weight excluding hydrogens is 372 g/mol. The van der Waals surface area contributed by atoms with Gasteiger partial charge in [-0.15, -0.1) is 0 Å². The first-order valence-corrected chi connectivity index (χ1v) is 8.81. The molecule has 1 heterocycles. The average molecular weight is 386 g/mol. The summed E-state index contributed by atoms with van der Waals surface area (Å²) in [5.41, 5.74) is 1.90. The molecule has 0 N–H and O–H groups in total. The zero-order valence-electron chi connectivity index (χ0n) is 14.0. The Bertz CT molecular complexity index is 938. The third-order valence-electron chi connectivity index (χ3n) is 3.93. The van der Waals surface area contributed by atoms with E-state index in [0.717, 1.165) is 0 Å². The lowest BCUT2D eigenvalue weighted by Crippen LogP contribution is -2.27. The summed E-state index contributed by atoms with van der Waals surface area (Å²) in [5.74, 6) is 0.441. The highest BCUT2D eigenvalue weighted by molar-refractivity contribution is 8.27. The highest BCUT2D eigenvalue weighted by atomic mass is 32.2. The lowest BCUT2D eigenvalue weighted by molar-refractivity contribution is -0.384. The number of nitro benzene ring substituents is 1. The maximum atomic E-state index is 12.9. The van der Waals surface area contributed by atoms with Crippen molar-refractivity contribution in [2.75, 3.05) is 12.0 Å². The Morgan fingerprint density at radius 2 is 1.92 bits per heavy atom. The number of allylic oxidation sites excluding steroid dienone is 1. The first-order valence-electron chi connectivity index (χ1n) is 7.58. The van der Waals surface area contributed by atoms with Crippen LogP contribution in [-0.4, -0.2) is 22.3 Å². The van der Waals surface area contributed by atoms with Gasteiger partial charge in [0, 0.05) is 12.1 Å². The second-order valence-corrected chi connectivity index (χ2v) is 7.11. The van der Waals surface area contributed by atoms with Crippen LogP contribution in [-0.2, 0) is 4.79 Å². The highest BCUT2D eigenvalue weighted by Gasteiger charge is 2.35. The van der Waals surface area contributed by atoms with Gasteiger partial charge in [-0.1, -0.05) is 36.1 Å². The van der Waals surface area contributed by atoms with E-state index >= 15 is 0 Å². The smallest absolute Gasteiger partial charge is 0.271 e. The fourth-order valence-corrected chi connectivity index (χ4v) is 3.88. The summed E-state index contributed by atoms with van der Waals surface area (Å²) in [6.07, 6.45) is 0. The van der Waals surface area contributed by atoms with Crippen LogP contribution in [0.25, 0.3) is 5.57 Å². The van der Waals surface area contributed by atoms with Gasteiger partial charge in [0.2, 0.25) is 0 Å². The summed E-state index contributed by atoms with van der Waals surface area (Å²) in [6.45, 7) is 1.76. The van der Waals surface area contributed by atoms with Crippen LogP contribution in [0.3, 0.4) is 0 Å². The Labute approximate surface area is 159 Å². The van der Waals surface area contributed by atoms with Gasteiger partial charge in [-0.3, -0.25) is 19.8 Å². The topological polar surface area (TPSA) is 72.7 Å². The van der Waals surface area contributed by atoms with E-state index in [1.54, 1.807) is 50.4 Å². The number of anilines is 1. The molecule has 0 radical (unpaired) electrons. The molecule has 0 spiro atoms. The van der Waals surface area contributed by atoms with Crippen molar-refractivity contribution in [2.45, 2.75) is 6.92 Å². The number of methoxy groups -OCH3 is 1. The number of hydrogen-bond acceptors (Lipinski definition) is 6. The zero-order valence-corrected chi connectivity index (χ0v) is 15.6. The van der Waals surface area contributed by atoms with Crippen LogP contribution < -0.4 is 9.64 Å². The number of amides is 1. The lowest BCUT2D eigenvalue weighted by Gasteiger charge is -2.15.